The molecule has 2 fully saturated rings. The minimum atomic E-state index is -3.41. The quantitative estimate of drug-likeness (QED) is 0.786. The van der Waals surface area contributed by atoms with E-state index in [4.69, 9.17) is 0 Å². The Morgan fingerprint density at radius 3 is 2.33 bits per heavy atom. The van der Waals surface area contributed by atoms with Gasteiger partial charge in [0.1, 0.15) is 5.82 Å². The van der Waals surface area contributed by atoms with Crippen LogP contribution in [0.4, 0.5) is 4.39 Å². The molecule has 24 heavy (non-hydrogen) atoms. The molecular weight excluding hydrogens is 344 g/mol. The van der Waals surface area contributed by atoms with Gasteiger partial charge in [-0.05, 0) is 54.7 Å². The third-order valence-corrected chi connectivity index (χ3v) is 9.94. The molecule has 0 aliphatic carbocycles. The highest BCUT2D eigenvalue weighted by Gasteiger charge is 2.49. The molecule has 0 unspecified atom stereocenters. The van der Waals surface area contributed by atoms with E-state index >= 15 is 0 Å². The Bertz CT molecular complexity index is 852. The van der Waals surface area contributed by atoms with Gasteiger partial charge in [0.15, 0.2) is 0 Å². The topological polar surface area (TPSA) is 37.4 Å². The van der Waals surface area contributed by atoms with Crippen LogP contribution in [0.5, 0.6) is 0 Å². The van der Waals surface area contributed by atoms with Gasteiger partial charge in [-0.25, -0.2) is 12.8 Å². The zero-order valence-electron chi connectivity index (χ0n) is 13.4. The summed E-state index contributed by atoms with van der Waals surface area (Å²) in [5, 5.41) is 1.19. The van der Waals surface area contributed by atoms with Crippen LogP contribution in [0.2, 0.25) is 0 Å². The molecule has 0 aromatic heterocycles. The van der Waals surface area contributed by atoms with Crippen molar-refractivity contribution in [3.05, 3.63) is 59.9 Å². The van der Waals surface area contributed by atoms with Crippen LogP contribution >= 0.6 is 7.92 Å². The summed E-state index contributed by atoms with van der Waals surface area (Å²) in [5.74, 6) is -0.221. The predicted molar refractivity (Wildman–Crippen MR) is 95.1 cm³/mol. The largest absolute Gasteiger partial charge is 0.243 e. The second kappa shape index (κ2) is 5.91. The molecule has 0 amide bonds. The van der Waals surface area contributed by atoms with Crippen LogP contribution in [0.1, 0.15) is 12.0 Å². The van der Waals surface area contributed by atoms with Crippen LogP contribution < -0.4 is 5.30 Å². The van der Waals surface area contributed by atoms with Gasteiger partial charge in [0.2, 0.25) is 10.0 Å². The van der Waals surface area contributed by atoms with Gasteiger partial charge in [-0.3, -0.25) is 0 Å². The monoisotopic (exact) mass is 363 g/mol. The van der Waals surface area contributed by atoms with E-state index in [1.54, 1.807) is 16.4 Å². The van der Waals surface area contributed by atoms with Gasteiger partial charge in [-0.15, -0.1) is 0 Å². The molecular formula is C18H19FNO2PS. The van der Waals surface area contributed by atoms with E-state index in [0.717, 1.165) is 18.1 Å². The predicted octanol–water partition coefficient (Wildman–Crippen LogP) is 3.09. The van der Waals surface area contributed by atoms with Crippen molar-refractivity contribution in [2.45, 2.75) is 29.9 Å². The lowest BCUT2D eigenvalue weighted by Gasteiger charge is -2.31. The van der Waals surface area contributed by atoms with Crippen molar-refractivity contribution in [1.82, 2.24) is 4.31 Å². The molecule has 0 radical (unpaired) electrons. The van der Waals surface area contributed by atoms with Gasteiger partial charge in [-0.2, -0.15) is 4.31 Å². The van der Waals surface area contributed by atoms with Crippen LogP contribution in [-0.2, 0) is 10.0 Å². The number of sulfonamides is 1. The fourth-order valence-corrected chi connectivity index (χ4v) is 8.75. The third kappa shape index (κ3) is 2.69. The van der Waals surface area contributed by atoms with E-state index in [0.29, 0.717) is 17.1 Å². The normalized spacial score (nSPS) is 26.8. The molecule has 0 saturated carbocycles. The SMILES string of the molecule is Cc1ccc(S(=O)(=O)N2C[C@@H]3C[C@H]2C[P@@]3c2ccc(F)cc2)cc1. The lowest BCUT2D eigenvalue weighted by atomic mass is 10.2. The molecule has 2 aromatic rings. The summed E-state index contributed by atoms with van der Waals surface area (Å²) in [6.07, 6.45) is 1.81. The third-order valence-electron chi connectivity index (χ3n) is 4.98. The average molecular weight is 363 g/mol. The second-order valence-corrected chi connectivity index (χ2v) is 11.0. The molecule has 0 N–H and O–H groups in total. The fourth-order valence-electron chi connectivity index (χ4n) is 3.72. The molecule has 126 valence electrons. The first-order valence-electron chi connectivity index (χ1n) is 8.06. The summed E-state index contributed by atoms with van der Waals surface area (Å²) in [6, 6.07) is 13.9. The Morgan fingerprint density at radius 1 is 1.08 bits per heavy atom. The minimum absolute atomic E-state index is 0.0810. The molecule has 4 rings (SSSR count). The smallest absolute Gasteiger partial charge is 0.207 e. The summed E-state index contributed by atoms with van der Waals surface area (Å²) in [5.41, 5.74) is 1.44. The van der Waals surface area contributed by atoms with Crippen molar-refractivity contribution in [2.75, 3.05) is 12.7 Å². The molecule has 6 heteroatoms. The maximum atomic E-state index is 13.1. The van der Waals surface area contributed by atoms with Gasteiger partial charge in [0, 0.05) is 12.6 Å². The van der Waals surface area contributed by atoms with Crippen molar-refractivity contribution in [3.63, 3.8) is 0 Å². The Labute approximate surface area is 143 Å². The Hall–Kier alpha value is -1.29. The first kappa shape index (κ1) is 16.2. The Kier molecular flexibility index (Phi) is 3.98. The van der Waals surface area contributed by atoms with Crippen LogP contribution in [0.25, 0.3) is 0 Å². The maximum Gasteiger partial charge on any atom is 0.243 e. The average Bonchev–Trinajstić information content (AvgIpc) is 3.17. The first-order valence-corrected chi connectivity index (χ1v) is 11.1. The first-order chi connectivity index (χ1) is 11.4. The second-order valence-electron chi connectivity index (χ2n) is 6.56. The van der Waals surface area contributed by atoms with Crippen LogP contribution in [-0.4, -0.2) is 37.1 Å². The van der Waals surface area contributed by atoms with Gasteiger partial charge in [0.25, 0.3) is 0 Å². The number of benzene rings is 2. The van der Waals surface area contributed by atoms with Crippen LogP contribution in [0.15, 0.2) is 53.4 Å². The number of aryl methyl sites for hydroxylation is 1. The number of hydrogen-bond acceptors (Lipinski definition) is 2. The van der Waals surface area contributed by atoms with E-state index in [-0.39, 0.29) is 19.8 Å². The number of rotatable bonds is 3. The fraction of sp³-hybridized carbons (Fsp3) is 0.333. The van der Waals surface area contributed by atoms with Crippen molar-refractivity contribution in [2.24, 2.45) is 0 Å². The van der Waals surface area contributed by atoms with Crippen molar-refractivity contribution in [3.8, 4) is 0 Å². The molecule has 3 atom stereocenters. The lowest BCUT2D eigenvalue weighted by Crippen LogP contribution is -2.40. The van der Waals surface area contributed by atoms with Crippen molar-refractivity contribution in [1.29, 1.82) is 0 Å². The summed E-state index contributed by atoms with van der Waals surface area (Å²) in [6.45, 7) is 2.54. The summed E-state index contributed by atoms with van der Waals surface area (Å²) in [4.78, 5) is 0.381. The van der Waals surface area contributed by atoms with Gasteiger partial charge < -0.3 is 0 Å². The summed E-state index contributed by atoms with van der Waals surface area (Å²) in [7, 11) is -3.80. The van der Waals surface area contributed by atoms with Crippen molar-refractivity contribution < 1.29 is 12.8 Å². The highest BCUT2D eigenvalue weighted by Crippen LogP contribution is 2.55. The molecule has 2 saturated heterocycles. The standard InChI is InChI=1S/C18H19FNO2PS/c1-13-2-8-18(9-3-13)24(21,22)20-11-17-10-15(20)12-23(17)16-6-4-14(19)5-7-16/h2-9,15,17H,10-12H2,1H3/t15-,17-,23-/m0/s1. The van der Waals surface area contributed by atoms with E-state index in [1.165, 1.54) is 17.4 Å². The molecule has 2 heterocycles. The van der Waals surface area contributed by atoms with Gasteiger partial charge in [0.05, 0.1) is 4.90 Å². The van der Waals surface area contributed by atoms with Crippen LogP contribution in [0, 0.1) is 12.7 Å². The molecule has 2 aromatic carbocycles. The summed E-state index contributed by atoms with van der Waals surface area (Å²) >= 11 is 0. The summed E-state index contributed by atoms with van der Waals surface area (Å²) < 4.78 is 40.6. The molecule has 0 spiro atoms. The highest BCUT2D eigenvalue weighted by molar-refractivity contribution is 7.89. The molecule has 2 aliphatic heterocycles. The number of halogens is 1. The van der Waals surface area contributed by atoms with Crippen LogP contribution in [0.3, 0.4) is 0 Å². The van der Waals surface area contributed by atoms with E-state index in [9.17, 15) is 12.8 Å². The molecule has 2 aliphatic rings. The number of fused-ring (bicyclic) bond motifs is 2. The highest BCUT2D eigenvalue weighted by atomic mass is 32.2. The van der Waals surface area contributed by atoms with Gasteiger partial charge in [-0.1, -0.05) is 37.8 Å². The zero-order valence-corrected chi connectivity index (χ0v) is 15.1. The Balaban J connectivity index is 1.55. The minimum Gasteiger partial charge on any atom is -0.207 e. The van der Waals surface area contributed by atoms with E-state index in [1.807, 2.05) is 31.2 Å². The Morgan fingerprint density at radius 2 is 1.75 bits per heavy atom. The zero-order chi connectivity index (χ0) is 16.9. The van der Waals surface area contributed by atoms with Gasteiger partial charge >= 0.3 is 0 Å². The molecule has 3 nitrogen and oxygen atoms in total. The maximum absolute atomic E-state index is 13.1. The number of nitrogens with zero attached hydrogens (tertiary/aromatic N) is 1. The van der Waals surface area contributed by atoms with Crippen molar-refractivity contribution >= 4 is 23.2 Å². The van der Waals surface area contributed by atoms with E-state index in [2.05, 4.69) is 0 Å². The lowest BCUT2D eigenvalue weighted by molar-refractivity contribution is 0.408. The molecule has 2 bridgehead atoms. The van der Waals surface area contributed by atoms with E-state index < -0.39 is 10.0 Å². The number of hydrogen-bond donors (Lipinski definition) is 0.